The van der Waals surface area contributed by atoms with Gasteiger partial charge in [-0.1, -0.05) is 45.4 Å². The molecular formula is C9H21NO. The van der Waals surface area contributed by atoms with Crippen LogP contribution in [0.5, 0.6) is 0 Å². The molecular weight excluding hydrogens is 138 g/mol. The summed E-state index contributed by atoms with van der Waals surface area (Å²) in [4.78, 5) is 0. The molecule has 0 radical (unpaired) electrons. The van der Waals surface area contributed by atoms with Gasteiger partial charge in [-0.05, 0) is 6.42 Å². The van der Waals surface area contributed by atoms with Gasteiger partial charge in [0, 0.05) is 6.54 Å². The fourth-order valence-corrected chi connectivity index (χ4v) is 1.16. The fraction of sp³-hybridized carbons (Fsp3) is 1.00. The van der Waals surface area contributed by atoms with E-state index in [1.165, 1.54) is 38.5 Å². The van der Waals surface area contributed by atoms with Crippen molar-refractivity contribution in [2.75, 3.05) is 6.54 Å². The monoisotopic (exact) mass is 159 g/mol. The average molecular weight is 159 g/mol. The van der Waals surface area contributed by atoms with E-state index >= 15 is 0 Å². The fourth-order valence-electron chi connectivity index (χ4n) is 1.16. The molecule has 68 valence electrons. The Morgan fingerprint density at radius 3 is 2.00 bits per heavy atom. The van der Waals surface area contributed by atoms with E-state index < -0.39 is 0 Å². The summed E-state index contributed by atoms with van der Waals surface area (Å²) in [5.74, 6) is 0. The highest BCUT2D eigenvalue weighted by atomic mass is 16.5. The largest absolute Gasteiger partial charge is 0.317 e. The molecule has 0 unspecified atom stereocenters. The quantitative estimate of drug-likeness (QED) is 0.421. The zero-order chi connectivity index (χ0) is 8.36. The second-order valence-corrected chi connectivity index (χ2v) is 3.03. The third-order valence-corrected chi connectivity index (χ3v) is 1.89. The summed E-state index contributed by atoms with van der Waals surface area (Å²) in [5.41, 5.74) is 2.17. The van der Waals surface area contributed by atoms with Crippen LogP contribution in [0.4, 0.5) is 0 Å². The van der Waals surface area contributed by atoms with Gasteiger partial charge in [-0.3, -0.25) is 0 Å². The predicted octanol–water partition coefficient (Wildman–Crippen LogP) is 2.72. The molecule has 0 bridgehead atoms. The summed E-state index contributed by atoms with van der Waals surface area (Å²) in [6.45, 7) is 2.98. The van der Waals surface area contributed by atoms with Crippen LogP contribution in [0.15, 0.2) is 0 Å². The summed E-state index contributed by atoms with van der Waals surface area (Å²) in [7, 11) is 0. The van der Waals surface area contributed by atoms with Crippen molar-refractivity contribution < 1.29 is 5.21 Å². The van der Waals surface area contributed by atoms with E-state index in [1.807, 2.05) is 0 Å². The first-order chi connectivity index (χ1) is 5.41. The molecule has 0 aromatic carbocycles. The van der Waals surface area contributed by atoms with E-state index in [1.54, 1.807) is 0 Å². The van der Waals surface area contributed by atoms with Crippen molar-refractivity contribution >= 4 is 0 Å². The van der Waals surface area contributed by atoms with Crippen LogP contribution < -0.4 is 5.48 Å². The van der Waals surface area contributed by atoms with Crippen LogP contribution in [0.3, 0.4) is 0 Å². The van der Waals surface area contributed by atoms with Gasteiger partial charge in [0.05, 0.1) is 0 Å². The molecule has 0 aliphatic rings. The van der Waals surface area contributed by atoms with Crippen molar-refractivity contribution in [3.63, 3.8) is 0 Å². The van der Waals surface area contributed by atoms with Gasteiger partial charge in [-0.25, -0.2) is 5.48 Å². The van der Waals surface area contributed by atoms with Gasteiger partial charge in [0.15, 0.2) is 0 Å². The molecule has 2 heteroatoms. The third-order valence-electron chi connectivity index (χ3n) is 1.89. The Morgan fingerprint density at radius 2 is 1.45 bits per heavy atom. The van der Waals surface area contributed by atoms with E-state index in [2.05, 4.69) is 12.4 Å². The topological polar surface area (TPSA) is 32.3 Å². The number of rotatable bonds is 8. The normalized spacial score (nSPS) is 10.4. The Labute approximate surface area is 70.0 Å². The Bertz CT molecular complexity index is 58.6. The van der Waals surface area contributed by atoms with Crippen LogP contribution in [-0.2, 0) is 0 Å². The molecule has 0 spiro atoms. The van der Waals surface area contributed by atoms with Crippen molar-refractivity contribution in [3.05, 3.63) is 0 Å². The summed E-state index contributed by atoms with van der Waals surface area (Å²) >= 11 is 0. The van der Waals surface area contributed by atoms with E-state index in [9.17, 15) is 0 Å². The summed E-state index contributed by atoms with van der Waals surface area (Å²) in [6.07, 6.45) is 9.10. The molecule has 2 nitrogen and oxygen atoms in total. The standard InChI is InChI=1S/C9H21NO/c1-2-3-4-5-6-7-8-9-10-11/h10-11H,2-9H2,1H3. The maximum atomic E-state index is 8.26. The molecule has 0 atom stereocenters. The maximum Gasteiger partial charge on any atom is 0.0207 e. The van der Waals surface area contributed by atoms with Crippen LogP contribution >= 0.6 is 0 Å². The highest BCUT2D eigenvalue weighted by Gasteiger charge is 1.89. The molecule has 2 N–H and O–H groups in total. The minimum Gasteiger partial charge on any atom is -0.317 e. The van der Waals surface area contributed by atoms with Crippen molar-refractivity contribution in [1.82, 2.24) is 5.48 Å². The maximum absolute atomic E-state index is 8.26. The highest BCUT2D eigenvalue weighted by molar-refractivity contribution is 4.45. The highest BCUT2D eigenvalue weighted by Crippen LogP contribution is 2.05. The lowest BCUT2D eigenvalue weighted by Gasteiger charge is -1.99. The minimum atomic E-state index is 0.744. The Balaban J connectivity index is 2.69. The Morgan fingerprint density at radius 1 is 0.909 bits per heavy atom. The Hall–Kier alpha value is -0.0800. The molecule has 0 fully saturated rings. The van der Waals surface area contributed by atoms with Crippen LogP contribution in [0.25, 0.3) is 0 Å². The summed E-state index contributed by atoms with van der Waals surface area (Å²) in [5, 5.41) is 8.26. The first kappa shape index (κ1) is 10.9. The van der Waals surface area contributed by atoms with E-state index in [0.717, 1.165) is 13.0 Å². The van der Waals surface area contributed by atoms with Crippen molar-refractivity contribution in [2.45, 2.75) is 51.9 Å². The number of hydrogen-bond donors (Lipinski definition) is 2. The van der Waals surface area contributed by atoms with Crippen LogP contribution in [0, 0.1) is 0 Å². The van der Waals surface area contributed by atoms with Crippen LogP contribution in [0.1, 0.15) is 51.9 Å². The van der Waals surface area contributed by atoms with E-state index in [-0.39, 0.29) is 0 Å². The smallest absolute Gasteiger partial charge is 0.0207 e. The molecule has 0 aliphatic carbocycles. The van der Waals surface area contributed by atoms with Gasteiger partial charge in [0.2, 0.25) is 0 Å². The van der Waals surface area contributed by atoms with Gasteiger partial charge < -0.3 is 5.21 Å². The third kappa shape index (κ3) is 9.92. The second-order valence-electron chi connectivity index (χ2n) is 3.03. The van der Waals surface area contributed by atoms with Crippen molar-refractivity contribution in [1.29, 1.82) is 0 Å². The molecule has 0 saturated heterocycles. The van der Waals surface area contributed by atoms with Gasteiger partial charge in [0.25, 0.3) is 0 Å². The molecule has 0 aliphatic heterocycles. The molecule has 0 aromatic heterocycles. The predicted molar refractivity (Wildman–Crippen MR) is 47.8 cm³/mol. The first-order valence-corrected chi connectivity index (χ1v) is 4.78. The lowest BCUT2D eigenvalue weighted by atomic mass is 10.1. The minimum absolute atomic E-state index is 0.744. The van der Waals surface area contributed by atoms with Crippen LogP contribution in [0.2, 0.25) is 0 Å². The first-order valence-electron chi connectivity index (χ1n) is 4.78. The van der Waals surface area contributed by atoms with Gasteiger partial charge in [-0.2, -0.15) is 0 Å². The lowest BCUT2D eigenvalue weighted by Crippen LogP contribution is -2.07. The SMILES string of the molecule is CCCCCCCCCNO. The van der Waals surface area contributed by atoms with E-state index in [4.69, 9.17) is 5.21 Å². The summed E-state index contributed by atoms with van der Waals surface area (Å²) in [6, 6.07) is 0. The van der Waals surface area contributed by atoms with Crippen molar-refractivity contribution in [2.24, 2.45) is 0 Å². The second kappa shape index (κ2) is 9.92. The van der Waals surface area contributed by atoms with Gasteiger partial charge in [-0.15, -0.1) is 0 Å². The van der Waals surface area contributed by atoms with Gasteiger partial charge >= 0.3 is 0 Å². The van der Waals surface area contributed by atoms with E-state index in [0.29, 0.717) is 0 Å². The lowest BCUT2D eigenvalue weighted by molar-refractivity contribution is 0.164. The molecule has 11 heavy (non-hydrogen) atoms. The number of unbranched alkanes of at least 4 members (excludes halogenated alkanes) is 6. The molecule has 0 aromatic rings. The average Bonchev–Trinajstić information content (AvgIpc) is 2.03. The van der Waals surface area contributed by atoms with Crippen molar-refractivity contribution in [3.8, 4) is 0 Å². The molecule has 0 rings (SSSR count). The van der Waals surface area contributed by atoms with Gasteiger partial charge in [0.1, 0.15) is 0 Å². The zero-order valence-corrected chi connectivity index (χ0v) is 7.60. The molecule has 0 heterocycles. The molecule has 0 saturated carbocycles. The number of hydroxylamine groups is 1. The number of nitrogens with one attached hydrogen (secondary N) is 1. The molecule has 0 amide bonds. The number of hydrogen-bond acceptors (Lipinski definition) is 2. The summed E-state index contributed by atoms with van der Waals surface area (Å²) < 4.78 is 0. The zero-order valence-electron chi connectivity index (χ0n) is 7.60. The Kier molecular flexibility index (Phi) is 9.85. The van der Waals surface area contributed by atoms with Crippen LogP contribution in [-0.4, -0.2) is 11.8 Å².